The first-order valence-electron chi connectivity index (χ1n) is 8.50. The Labute approximate surface area is 157 Å². The normalized spacial score (nSPS) is 11.1. The lowest BCUT2D eigenvalue weighted by Gasteiger charge is -2.01. The highest BCUT2D eigenvalue weighted by atomic mass is 16.5. The molecule has 134 valence electrons. The van der Waals surface area contributed by atoms with Crippen LogP contribution in [0, 0.1) is 0 Å². The Balaban J connectivity index is 1.62. The zero-order chi connectivity index (χ0) is 18.9. The van der Waals surface area contributed by atoms with Crippen LogP contribution in [0.3, 0.4) is 0 Å². The van der Waals surface area contributed by atoms with Crippen LogP contribution in [0.1, 0.15) is 17.3 Å². The van der Waals surface area contributed by atoms with Gasteiger partial charge in [0.2, 0.25) is 0 Å². The highest BCUT2D eigenvalue weighted by Crippen LogP contribution is 2.23. The number of nitrogens with zero attached hydrogens (tertiary/aromatic N) is 4. The Morgan fingerprint density at radius 2 is 1.07 bits per heavy atom. The van der Waals surface area contributed by atoms with Crippen molar-refractivity contribution in [3.63, 3.8) is 0 Å². The van der Waals surface area contributed by atoms with Crippen molar-refractivity contribution in [2.24, 2.45) is 20.5 Å². The van der Waals surface area contributed by atoms with E-state index in [9.17, 15) is 4.79 Å². The zero-order valence-corrected chi connectivity index (χ0v) is 14.8. The van der Waals surface area contributed by atoms with E-state index in [-0.39, 0.29) is 5.97 Å². The van der Waals surface area contributed by atoms with Crippen molar-refractivity contribution in [3.05, 3.63) is 84.4 Å². The monoisotopic (exact) mass is 358 g/mol. The van der Waals surface area contributed by atoms with Crippen LogP contribution in [0.4, 0.5) is 22.7 Å². The van der Waals surface area contributed by atoms with Crippen LogP contribution in [0.2, 0.25) is 0 Å². The van der Waals surface area contributed by atoms with Crippen LogP contribution in [-0.4, -0.2) is 12.6 Å². The summed E-state index contributed by atoms with van der Waals surface area (Å²) in [4.78, 5) is 11.6. The molecule has 0 atom stereocenters. The summed E-state index contributed by atoms with van der Waals surface area (Å²) in [6.45, 7) is 2.12. The van der Waals surface area contributed by atoms with Crippen LogP contribution >= 0.6 is 0 Å². The molecule has 0 N–H and O–H groups in total. The lowest BCUT2D eigenvalue weighted by Crippen LogP contribution is -2.03. The van der Waals surface area contributed by atoms with Crippen LogP contribution in [0.5, 0.6) is 0 Å². The lowest BCUT2D eigenvalue weighted by molar-refractivity contribution is 0.0526. The van der Waals surface area contributed by atoms with E-state index in [1.54, 1.807) is 31.2 Å². The van der Waals surface area contributed by atoms with Gasteiger partial charge in [0.05, 0.1) is 34.9 Å². The zero-order valence-electron chi connectivity index (χ0n) is 14.8. The minimum atomic E-state index is -0.346. The Morgan fingerprint density at radius 1 is 0.667 bits per heavy atom. The minimum Gasteiger partial charge on any atom is -0.462 e. The molecule has 6 heteroatoms. The minimum absolute atomic E-state index is 0.346. The second-order valence-electron chi connectivity index (χ2n) is 5.52. The summed E-state index contributed by atoms with van der Waals surface area (Å²) in [6, 6.07) is 23.6. The molecular formula is C21H18N4O2. The van der Waals surface area contributed by atoms with E-state index in [1.165, 1.54) is 0 Å². The summed E-state index contributed by atoms with van der Waals surface area (Å²) >= 11 is 0. The molecule has 3 aromatic carbocycles. The average molecular weight is 358 g/mol. The molecule has 0 spiro atoms. The maximum Gasteiger partial charge on any atom is 0.338 e. The van der Waals surface area contributed by atoms with Gasteiger partial charge >= 0.3 is 5.97 Å². The molecule has 0 aliphatic heterocycles. The van der Waals surface area contributed by atoms with Gasteiger partial charge in [0.1, 0.15) is 0 Å². The van der Waals surface area contributed by atoms with Gasteiger partial charge in [-0.2, -0.15) is 20.5 Å². The summed E-state index contributed by atoms with van der Waals surface area (Å²) in [5.74, 6) is -0.346. The summed E-state index contributed by atoms with van der Waals surface area (Å²) in [5, 5.41) is 16.7. The molecule has 0 fully saturated rings. The van der Waals surface area contributed by atoms with E-state index in [1.807, 2.05) is 54.6 Å². The molecule has 0 aliphatic rings. The third-order valence-electron chi connectivity index (χ3n) is 3.55. The van der Waals surface area contributed by atoms with Gasteiger partial charge in [-0.25, -0.2) is 4.79 Å². The summed E-state index contributed by atoms with van der Waals surface area (Å²) in [5.41, 5.74) is 3.37. The maximum absolute atomic E-state index is 11.6. The van der Waals surface area contributed by atoms with Crippen molar-refractivity contribution >= 4 is 28.7 Å². The highest BCUT2D eigenvalue weighted by Gasteiger charge is 2.05. The number of hydrogen-bond acceptors (Lipinski definition) is 6. The first-order valence-corrected chi connectivity index (χ1v) is 8.50. The second kappa shape index (κ2) is 9.15. The number of rotatable bonds is 6. The number of hydrogen-bond donors (Lipinski definition) is 0. The molecule has 0 radical (unpaired) electrons. The molecule has 0 unspecified atom stereocenters. The third kappa shape index (κ3) is 5.40. The predicted octanol–water partition coefficient (Wildman–Crippen LogP) is 6.69. The topological polar surface area (TPSA) is 75.7 Å². The highest BCUT2D eigenvalue weighted by molar-refractivity contribution is 5.89. The molecule has 3 rings (SSSR count). The number of benzene rings is 3. The van der Waals surface area contributed by atoms with Crippen LogP contribution in [0.15, 0.2) is 99.3 Å². The van der Waals surface area contributed by atoms with Gasteiger partial charge in [0, 0.05) is 0 Å². The number of carbonyl (C=O) groups excluding carboxylic acids is 1. The standard InChI is InChI=1S/C21H18N4O2/c1-2-27-21(26)16-8-10-18(11-9-16)23-25-20-14-12-19(13-15-20)24-22-17-6-4-3-5-7-17/h3-15H,2H2,1H3. The Kier molecular flexibility index (Phi) is 6.14. The number of esters is 1. The van der Waals surface area contributed by atoms with Crippen molar-refractivity contribution in [2.75, 3.05) is 6.61 Å². The number of carbonyl (C=O) groups is 1. The van der Waals surface area contributed by atoms with E-state index in [0.29, 0.717) is 23.5 Å². The van der Waals surface area contributed by atoms with Gasteiger partial charge in [-0.15, -0.1) is 0 Å². The first-order chi connectivity index (χ1) is 13.2. The SMILES string of the molecule is CCOC(=O)c1ccc(N=Nc2ccc(N=Nc3ccccc3)cc2)cc1. The average Bonchev–Trinajstić information content (AvgIpc) is 2.73. The van der Waals surface area contributed by atoms with Crippen molar-refractivity contribution in [1.82, 2.24) is 0 Å². The Hall–Kier alpha value is -3.67. The van der Waals surface area contributed by atoms with Crippen molar-refractivity contribution in [3.8, 4) is 0 Å². The van der Waals surface area contributed by atoms with Gasteiger partial charge in [0.15, 0.2) is 0 Å². The smallest absolute Gasteiger partial charge is 0.338 e. The largest absolute Gasteiger partial charge is 0.462 e. The van der Waals surface area contributed by atoms with Crippen LogP contribution in [-0.2, 0) is 4.74 Å². The van der Waals surface area contributed by atoms with Crippen LogP contribution < -0.4 is 0 Å². The van der Waals surface area contributed by atoms with Crippen molar-refractivity contribution < 1.29 is 9.53 Å². The fourth-order valence-corrected chi connectivity index (χ4v) is 2.19. The maximum atomic E-state index is 11.6. The molecule has 0 saturated carbocycles. The van der Waals surface area contributed by atoms with Gasteiger partial charge < -0.3 is 4.74 Å². The Bertz CT molecular complexity index is 934. The van der Waals surface area contributed by atoms with Gasteiger partial charge in [0.25, 0.3) is 0 Å². The molecule has 27 heavy (non-hydrogen) atoms. The molecule has 0 amide bonds. The fraction of sp³-hybridized carbons (Fsp3) is 0.0952. The Morgan fingerprint density at radius 3 is 1.52 bits per heavy atom. The van der Waals surface area contributed by atoms with Crippen LogP contribution in [0.25, 0.3) is 0 Å². The van der Waals surface area contributed by atoms with E-state index < -0.39 is 0 Å². The fourth-order valence-electron chi connectivity index (χ4n) is 2.19. The molecule has 0 saturated heterocycles. The van der Waals surface area contributed by atoms with E-state index in [2.05, 4.69) is 20.5 Å². The second-order valence-corrected chi connectivity index (χ2v) is 5.52. The van der Waals surface area contributed by atoms with E-state index >= 15 is 0 Å². The van der Waals surface area contributed by atoms with Crippen molar-refractivity contribution in [1.29, 1.82) is 0 Å². The lowest BCUT2D eigenvalue weighted by atomic mass is 10.2. The summed E-state index contributed by atoms with van der Waals surface area (Å²) in [7, 11) is 0. The van der Waals surface area contributed by atoms with Gasteiger partial charge in [-0.05, 0) is 67.6 Å². The summed E-state index contributed by atoms with van der Waals surface area (Å²) < 4.78 is 4.95. The number of ether oxygens (including phenoxy) is 1. The molecule has 0 heterocycles. The molecule has 6 nitrogen and oxygen atoms in total. The molecule has 0 aliphatic carbocycles. The first kappa shape index (κ1) is 18.1. The molecule has 0 bridgehead atoms. The quantitative estimate of drug-likeness (QED) is 0.363. The van der Waals surface area contributed by atoms with Gasteiger partial charge in [-0.3, -0.25) is 0 Å². The van der Waals surface area contributed by atoms with E-state index in [0.717, 1.165) is 11.4 Å². The molecule has 0 aromatic heterocycles. The third-order valence-corrected chi connectivity index (χ3v) is 3.55. The molecular weight excluding hydrogens is 340 g/mol. The molecule has 3 aromatic rings. The van der Waals surface area contributed by atoms with Gasteiger partial charge in [-0.1, -0.05) is 18.2 Å². The predicted molar refractivity (Wildman–Crippen MR) is 104 cm³/mol. The van der Waals surface area contributed by atoms with Crippen molar-refractivity contribution in [2.45, 2.75) is 6.92 Å². The summed E-state index contributed by atoms with van der Waals surface area (Å²) in [6.07, 6.45) is 0. The van der Waals surface area contributed by atoms with E-state index in [4.69, 9.17) is 4.74 Å². The number of azo groups is 2.